The molecule has 2 aromatic heterocycles. The molecule has 0 amide bonds. The van der Waals surface area contributed by atoms with Gasteiger partial charge < -0.3 is 4.90 Å². The summed E-state index contributed by atoms with van der Waals surface area (Å²) < 4.78 is 69.6. The van der Waals surface area contributed by atoms with Crippen molar-refractivity contribution in [2.75, 3.05) is 6.54 Å². The summed E-state index contributed by atoms with van der Waals surface area (Å²) in [5.41, 5.74) is 2.54. The van der Waals surface area contributed by atoms with Crippen LogP contribution >= 0.6 is 45.5 Å². The maximum atomic E-state index is 13.1. The van der Waals surface area contributed by atoms with Crippen LogP contribution in [0.2, 0.25) is 5.02 Å². The molecule has 2 atom stereocenters. The van der Waals surface area contributed by atoms with Gasteiger partial charge >= 0.3 is 6.18 Å². The zero-order valence-corrected chi connectivity index (χ0v) is 24.6. The molecular weight excluding hydrogens is 688 g/mol. The first-order chi connectivity index (χ1) is 18.5. The van der Waals surface area contributed by atoms with Gasteiger partial charge in [-0.25, -0.2) is 18.1 Å². The largest absolute Gasteiger partial charge is 0.408 e. The summed E-state index contributed by atoms with van der Waals surface area (Å²) in [6, 6.07) is 4.45. The quantitative estimate of drug-likeness (QED) is 0.340. The molecule has 0 unspecified atom stereocenters. The first-order valence-corrected chi connectivity index (χ1v) is 15.9. The molecule has 15 heteroatoms. The Kier molecular flexibility index (Phi) is 7.05. The Hall–Kier alpha value is -2.01. The average molecular weight is 709 g/mol. The summed E-state index contributed by atoms with van der Waals surface area (Å²) in [6.07, 6.45) is 1.58. The van der Waals surface area contributed by atoms with Gasteiger partial charge in [-0.15, -0.1) is 11.3 Å². The number of sulfonamides is 1. The van der Waals surface area contributed by atoms with Crippen LogP contribution in [-0.4, -0.2) is 57.9 Å². The number of nitrogens with zero attached hydrogens (tertiary/aromatic N) is 5. The molecule has 1 saturated heterocycles. The first kappa shape index (κ1) is 27.2. The van der Waals surface area contributed by atoms with Gasteiger partial charge in [0.15, 0.2) is 10.8 Å². The Morgan fingerprint density at radius 2 is 2.05 bits per heavy atom. The fourth-order valence-electron chi connectivity index (χ4n) is 4.96. The van der Waals surface area contributed by atoms with Crippen LogP contribution < -0.4 is 4.72 Å². The molecule has 6 rings (SSSR count). The van der Waals surface area contributed by atoms with E-state index >= 15 is 0 Å². The fourth-order valence-corrected chi connectivity index (χ4v) is 8.13. The van der Waals surface area contributed by atoms with Gasteiger partial charge in [-0.1, -0.05) is 17.7 Å². The second-order valence-corrected chi connectivity index (χ2v) is 14.2. The summed E-state index contributed by atoms with van der Waals surface area (Å²) in [4.78, 5) is 11.4. The number of thiazole rings is 1. The predicted molar refractivity (Wildman–Crippen MR) is 151 cm³/mol. The number of fused-ring (bicyclic) bond motifs is 1. The van der Waals surface area contributed by atoms with Crippen molar-refractivity contribution in [1.82, 2.24) is 24.4 Å². The van der Waals surface area contributed by atoms with Crippen molar-refractivity contribution >= 4 is 67.0 Å². The van der Waals surface area contributed by atoms with E-state index in [4.69, 9.17) is 16.6 Å². The summed E-state index contributed by atoms with van der Waals surface area (Å²) in [6.45, 7) is -0.918. The van der Waals surface area contributed by atoms with Crippen LogP contribution in [-0.2, 0) is 16.6 Å². The van der Waals surface area contributed by atoms with E-state index in [0.717, 1.165) is 13.9 Å². The molecular formula is C24H21ClF3IN6O2S2. The SMILES string of the molecule is O=S(=O)(N[C@H]1CC2=C(c3cnn(CC(F)(F)F)c3)[C@H](c3ccc(I)cc3Cl)N=C(c3nccs3)N2C1)C1CC1. The lowest BCUT2D eigenvalue weighted by Crippen LogP contribution is -2.40. The van der Waals surface area contributed by atoms with E-state index in [1.807, 2.05) is 22.4 Å². The van der Waals surface area contributed by atoms with Crippen LogP contribution in [0.4, 0.5) is 13.2 Å². The normalized spacial score (nSPS) is 21.9. The highest BCUT2D eigenvalue weighted by molar-refractivity contribution is 14.1. The van der Waals surface area contributed by atoms with E-state index < -0.39 is 34.8 Å². The van der Waals surface area contributed by atoms with Gasteiger partial charge in [0.1, 0.15) is 12.6 Å². The average Bonchev–Trinajstić information content (AvgIpc) is 3.21. The van der Waals surface area contributed by atoms with E-state index in [9.17, 15) is 21.6 Å². The van der Waals surface area contributed by atoms with Crippen LogP contribution in [0.25, 0.3) is 5.57 Å². The maximum Gasteiger partial charge on any atom is 0.408 e. The third-order valence-electron chi connectivity index (χ3n) is 6.72. The molecule has 3 aliphatic rings. The number of nitrogens with one attached hydrogen (secondary N) is 1. The molecule has 1 N–H and O–H groups in total. The van der Waals surface area contributed by atoms with E-state index in [1.54, 1.807) is 12.3 Å². The topological polar surface area (TPSA) is 92.5 Å². The number of hydrogen-bond donors (Lipinski definition) is 1. The molecule has 0 bridgehead atoms. The van der Waals surface area contributed by atoms with E-state index in [0.29, 0.717) is 58.4 Å². The number of amidine groups is 1. The number of benzene rings is 1. The number of rotatable bonds is 7. The Morgan fingerprint density at radius 3 is 2.72 bits per heavy atom. The highest BCUT2D eigenvalue weighted by Gasteiger charge is 2.44. The summed E-state index contributed by atoms with van der Waals surface area (Å²) in [7, 11) is -3.48. The molecule has 206 valence electrons. The Labute approximate surface area is 245 Å². The van der Waals surface area contributed by atoms with Gasteiger partial charge in [-0.2, -0.15) is 18.3 Å². The van der Waals surface area contributed by atoms with Crippen molar-refractivity contribution in [3.63, 3.8) is 0 Å². The number of hydrogen-bond acceptors (Lipinski definition) is 7. The van der Waals surface area contributed by atoms with Crippen molar-refractivity contribution in [2.24, 2.45) is 4.99 Å². The van der Waals surface area contributed by atoms with Gasteiger partial charge in [-0.05, 0) is 53.1 Å². The van der Waals surface area contributed by atoms with Crippen LogP contribution in [0.3, 0.4) is 0 Å². The predicted octanol–water partition coefficient (Wildman–Crippen LogP) is 5.23. The molecule has 3 aromatic rings. The third-order valence-corrected chi connectivity index (χ3v) is 10.5. The lowest BCUT2D eigenvalue weighted by atomic mass is 9.91. The lowest BCUT2D eigenvalue weighted by Gasteiger charge is -2.32. The van der Waals surface area contributed by atoms with Crippen LogP contribution in [0, 0.1) is 3.57 Å². The lowest BCUT2D eigenvalue weighted by molar-refractivity contribution is -0.142. The molecule has 0 spiro atoms. The van der Waals surface area contributed by atoms with Crippen molar-refractivity contribution in [1.29, 1.82) is 0 Å². The second-order valence-electron chi connectivity index (χ2n) is 9.63. The molecule has 1 aromatic carbocycles. The fraction of sp³-hybridized carbons (Fsp3) is 0.375. The zero-order chi connectivity index (χ0) is 27.5. The van der Waals surface area contributed by atoms with Crippen LogP contribution in [0.1, 0.15) is 41.4 Å². The molecule has 4 heterocycles. The first-order valence-electron chi connectivity index (χ1n) is 12.0. The molecule has 1 saturated carbocycles. The molecule has 2 fully saturated rings. The van der Waals surface area contributed by atoms with Crippen LogP contribution in [0.5, 0.6) is 0 Å². The Balaban J connectivity index is 1.49. The minimum Gasteiger partial charge on any atom is -0.326 e. The molecule has 39 heavy (non-hydrogen) atoms. The van der Waals surface area contributed by atoms with Crippen LogP contribution in [0.15, 0.2) is 52.9 Å². The van der Waals surface area contributed by atoms with Gasteiger partial charge in [0.05, 0.1) is 11.4 Å². The smallest absolute Gasteiger partial charge is 0.326 e. The van der Waals surface area contributed by atoms with Gasteiger partial charge in [-0.3, -0.25) is 9.67 Å². The van der Waals surface area contributed by atoms with Crippen molar-refractivity contribution < 1.29 is 21.6 Å². The number of halogens is 5. The van der Waals surface area contributed by atoms with Gasteiger partial charge in [0, 0.05) is 62.2 Å². The highest BCUT2D eigenvalue weighted by atomic mass is 127. The molecule has 2 aliphatic heterocycles. The number of aliphatic imine (C=N–C) groups is 1. The van der Waals surface area contributed by atoms with E-state index in [-0.39, 0.29) is 5.25 Å². The minimum absolute atomic E-state index is 0.313. The molecule has 0 radical (unpaired) electrons. The van der Waals surface area contributed by atoms with Crippen molar-refractivity contribution in [3.8, 4) is 0 Å². The Bertz CT molecular complexity index is 1580. The standard InChI is InChI=1S/C24H21ClF3IN6O2S2/c25-18-7-14(29)1-4-17(18)21-20(13-9-31-34(10-13)12-24(26,27)28)19-8-15(33-39(36,37)16-2-3-16)11-35(19)22(32-21)23-30-5-6-38-23/h1,4-7,9-10,15-16,21,33H,2-3,8,11-12H2/t15-,21-/m0/s1. The summed E-state index contributed by atoms with van der Waals surface area (Å²) >= 11 is 10.2. The summed E-state index contributed by atoms with van der Waals surface area (Å²) in [5.74, 6) is 0.569. The van der Waals surface area contributed by atoms with E-state index in [2.05, 4.69) is 37.4 Å². The zero-order valence-electron chi connectivity index (χ0n) is 20.1. The number of aromatic nitrogens is 3. The maximum absolute atomic E-state index is 13.1. The number of alkyl halides is 3. The van der Waals surface area contributed by atoms with Crippen molar-refractivity contribution in [2.45, 2.75) is 49.3 Å². The molecule has 1 aliphatic carbocycles. The highest BCUT2D eigenvalue weighted by Crippen LogP contribution is 2.47. The monoisotopic (exact) mass is 708 g/mol. The van der Waals surface area contributed by atoms with E-state index in [1.165, 1.54) is 23.7 Å². The third kappa shape index (κ3) is 5.62. The Morgan fingerprint density at radius 1 is 1.26 bits per heavy atom. The minimum atomic E-state index is -4.44. The second kappa shape index (κ2) is 10.1. The molecule has 8 nitrogen and oxygen atoms in total. The van der Waals surface area contributed by atoms with Gasteiger partial charge in [0.2, 0.25) is 10.0 Å². The van der Waals surface area contributed by atoms with Crippen molar-refractivity contribution in [3.05, 3.63) is 72.6 Å². The van der Waals surface area contributed by atoms with Gasteiger partial charge in [0.25, 0.3) is 0 Å². The summed E-state index contributed by atoms with van der Waals surface area (Å²) in [5, 5.41) is 6.54.